The van der Waals surface area contributed by atoms with Crippen LogP contribution in [0.15, 0.2) is 65.7 Å². The highest BCUT2D eigenvalue weighted by molar-refractivity contribution is 8.13. The highest BCUT2D eigenvalue weighted by Gasteiger charge is 2.14. The van der Waals surface area contributed by atoms with Crippen LogP contribution in [0.25, 0.3) is 0 Å². The van der Waals surface area contributed by atoms with E-state index in [1.54, 1.807) is 11.8 Å². The zero-order valence-electron chi connectivity index (χ0n) is 16.1. The van der Waals surface area contributed by atoms with Gasteiger partial charge >= 0.3 is 5.97 Å². The Bertz CT molecular complexity index is 663. The van der Waals surface area contributed by atoms with Crippen LogP contribution < -0.4 is 0 Å². The van der Waals surface area contributed by atoms with Crippen molar-refractivity contribution in [2.75, 3.05) is 18.9 Å². The Morgan fingerprint density at radius 2 is 1.52 bits per heavy atom. The van der Waals surface area contributed by atoms with Crippen molar-refractivity contribution < 1.29 is 9.53 Å². The first-order chi connectivity index (χ1) is 13.2. The number of carbonyl (C=O) groups is 1. The molecule has 2 aromatic rings. The van der Waals surface area contributed by atoms with Gasteiger partial charge in [0.25, 0.3) is 0 Å². The minimum Gasteiger partial charge on any atom is -0.466 e. The maximum Gasteiger partial charge on any atom is 0.306 e. The molecule has 0 spiro atoms. The molecule has 0 N–H and O–H groups in total. The molecule has 5 heteroatoms. The lowest BCUT2D eigenvalue weighted by atomic mass is 10.2. The van der Waals surface area contributed by atoms with E-state index in [9.17, 15) is 4.79 Å². The van der Waals surface area contributed by atoms with Gasteiger partial charge in [-0.05, 0) is 25.0 Å². The summed E-state index contributed by atoms with van der Waals surface area (Å²) in [7, 11) is 0. The fourth-order valence-electron chi connectivity index (χ4n) is 2.63. The Kier molecular flexibility index (Phi) is 9.49. The van der Waals surface area contributed by atoms with Crippen molar-refractivity contribution in [1.29, 1.82) is 0 Å². The van der Waals surface area contributed by atoms with Crippen LogP contribution in [0, 0.1) is 0 Å². The van der Waals surface area contributed by atoms with Gasteiger partial charge < -0.3 is 9.64 Å². The largest absolute Gasteiger partial charge is 0.466 e. The molecule has 0 radical (unpaired) electrons. The van der Waals surface area contributed by atoms with Gasteiger partial charge in [-0.2, -0.15) is 0 Å². The van der Waals surface area contributed by atoms with Crippen LogP contribution in [-0.4, -0.2) is 34.9 Å². The second-order valence-electron chi connectivity index (χ2n) is 5.99. The summed E-state index contributed by atoms with van der Waals surface area (Å²) in [6, 6.07) is 20.8. The summed E-state index contributed by atoms with van der Waals surface area (Å²) in [4.78, 5) is 18.6. The number of amidine groups is 1. The summed E-state index contributed by atoms with van der Waals surface area (Å²) >= 11 is 1.62. The Morgan fingerprint density at radius 1 is 0.963 bits per heavy atom. The molecule has 0 heterocycles. The lowest BCUT2D eigenvalue weighted by Gasteiger charge is -2.26. The highest BCUT2D eigenvalue weighted by atomic mass is 32.2. The molecule has 0 fully saturated rings. The summed E-state index contributed by atoms with van der Waals surface area (Å²) in [6.07, 6.45) is 0.395. The molecule has 0 saturated heterocycles. The third kappa shape index (κ3) is 7.87. The topological polar surface area (TPSA) is 41.9 Å². The average molecular weight is 385 g/mol. The Morgan fingerprint density at radius 3 is 2.00 bits per heavy atom. The Hall–Kier alpha value is -2.27. The number of thioether (sulfide) groups is 1. The van der Waals surface area contributed by atoms with Gasteiger partial charge in [-0.1, -0.05) is 72.4 Å². The molecule has 0 aromatic heterocycles. The zero-order valence-corrected chi connectivity index (χ0v) is 17.0. The van der Waals surface area contributed by atoms with Crippen molar-refractivity contribution in [3.05, 3.63) is 71.8 Å². The first-order valence-electron chi connectivity index (χ1n) is 9.38. The van der Waals surface area contributed by atoms with Gasteiger partial charge in [0.1, 0.15) is 0 Å². The molecule has 2 aromatic carbocycles. The minimum absolute atomic E-state index is 0.154. The van der Waals surface area contributed by atoms with E-state index in [0.717, 1.165) is 18.3 Å². The molecule has 0 aliphatic carbocycles. The lowest BCUT2D eigenvalue weighted by Crippen LogP contribution is -2.28. The van der Waals surface area contributed by atoms with Gasteiger partial charge in [0, 0.05) is 25.4 Å². The lowest BCUT2D eigenvalue weighted by molar-refractivity contribution is -0.142. The quantitative estimate of drug-likeness (QED) is 0.355. The zero-order chi connectivity index (χ0) is 19.3. The molecule has 0 aliphatic heterocycles. The first-order valence-corrected chi connectivity index (χ1v) is 10.4. The summed E-state index contributed by atoms with van der Waals surface area (Å²) in [5.41, 5.74) is 2.48. The molecule has 27 heavy (non-hydrogen) atoms. The van der Waals surface area contributed by atoms with Crippen molar-refractivity contribution >= 4 is 22.9 Å². The molecule has 2 rings (SSSR count). The van der Waals surface area contributed by atoms with E-state index in [0.29, 0.717) is 25.3 Å². The predicted octanol–water partition coefficient (Wildman–Crippen LogP) is 4.75. The maximum absolute atomic E-state index is 11.6. The fourth-order valence-corrected chi connectivity index (χ4v) is 3.61. The van der Waals surface area contributed by atoms with Crippen LogP contribution in [0.5, 0.6) is 0 Å². The van der Waals surface area contributed by atoms with Crippen LogP contribution in [0.2, 0.25) is 0 Å². The number of benzene rings is 2. The average Bonchev–Trinajstić information content (AvgIpc) is 2.69. The van der Waals surface area contributed by atoms with E-state index < -0.39 is 0 Å². The smallest absolute Gasteiger partial charge is 0.306 e. The minimum atomic E-state index is -0.154. The van der Waals surface area contributed by atoms with Gasteiger partial charge in [-0.3, -0.25) is 9.79 Å². The van der Waals surface area contributed by atoms with Crippen molar-refractivity contribution in [3.63, 3.8) is 0 Å². The number of aliphatic imine (C=N–C) groups is 1. The Labute approximate surface area is 166 Å². The van der Waals surface area contributed by atoms with Gasteiger partial charge in [-0.25, -0.2) is 0 Å². The number of carbonyl (C=O) groups excluding carboxylic acids is 1. The summed E-state index contributed by atoms with van der Waals surface area (Å²) < 4.78 is 5.03. The second kappa shape index (κ2) is 12.2. The third-order valence-corrected chi connectivity index (χ3v) is 4.89. The van der Waals surface area contributed by atoms with Crippen molar-refractivity contribution in [1.82, 2.24) is 4.90 Å². The monoisotopic (exact) mass is 384 g/mol. The number of esters is 1. The predicted molar refractivity (Wildman–Crippen MR) is 114 cm³/mol. The fraction of sp³-hybridized carbons (Fsp3) is 0.364. The maximum atomic E-state index is 11.6. The molecular weight excluding hydrogens is 356 g/mol. The van der Waals surface area contributed by atoms with Crippen molar-refractivity contribution in [2.24, 2.45) is 4.99 Å². The van der Waals surface area contributed by atoms with Crippen LogP contribution in [-0.2, 0) is 22.6 Å². The van der Waals surface area contributed by atoms with E-state index in [2.05, 4.69) is 53.4 Å². The van der Waals surface area contributed by atoms with Gasteiger partial charge in [0.05, 0.1) is 13.0 Å². The third-order valence-electron chi connectivity index (χ3n) is 3.84. The molecule has 0 aliphatic rings. The molecule has 0 saturated carbocycles. The molecule has 144 valence electrons. The number of hydrogen-bond acceptors (Lipinski definition) is 4. The van der Waals surface area contributed by atoms with Crippen LogP contribution >= 0.6 is 11.8 Å². The molecule has 4 nitrogen and oxygen atoms in total. The standard InChI is InChI=1S/C22H28N2O2S/c1-3-23-22(27-16-15-21(25)26-4-2)24(17-19-11-7-5-8-12-19)18-20-13-9-6-10-14-20/h5-14H,3-4,15-18H2,1-2H3. The van der Waals surface area contributed by atoms with Crippen molar-refractivity contribution in [2.45, 2.75) is 33.4 Å². The van der Waals surface area contributed by atoms with Gasteiger partial charge in [-0.15, -0.1) is 0 Å². The summed E-state index contributed by atoms with van der Waals surface area (Å²) in [6.45, 7) is 6.56. The van der Waals surface area contributed by atoms with E-state index in [1.165, 1.54) is 11.1 Å². The number of nitrogens with zero attached hydrogens (tertiary/aromatic N) is 2. The molecule has 0 bridgehead atoms. The first kappa shape index (κ1) is 21.0. The van der Waals surface area contributed by atoms with Crippen LogP contribution in [0.1, 0.15) is 31.4 Å². The van der Waals surface area contributed by atoms with E-state index in [4.69, 9.17) is 9.73 Å². The van der Waals surface area contributed by atoms with Crippen molar-refractivity contribution in [3.8, 4) is 0 Å². The normalized spacial score (nSPS) is 11.3. The summed E-state index contributed by atoms with van der Waals surface area (Å²) in [5, 5.41) is 0.967. The molecule has 0 atom stereocenters. The Balaban J connectivity index is 2.11. The molecular formula is C22H28N2O2S. The van der Waals surface area contributed by atoms with E-state index >= 15 is 0 Å². The van der Waals surface area contributed by atoms with E-state index in [-0.39, 0.29) is 5.97 Å². The highest BCUT2D eigenvalue weighted by Crippen LogP contribution is 2.18. The van der Waals surface area contributed by atoms with E-state index in [1.807, 2.05) is 26.0 Å². The summed E-state index contributed by atoms with van der Waals surface area (Å²) in [5.74, 6) is 0.510. The number of hydrogen-bond donors (Lipinski definition) is 0. The second-order valence-corrected chi connectivity index (χ2v) is 7.05. The molecule has 0 unspecified atom stereocenters. The van der Waals surface area contributed by atoms with Gasteiger partial charge in [0.2, 0.25) is 0 Å². The number of ether oxygens (including phenoxy) is 1. The van der Waals surface area contributed by atoms with Crippen LogP contribution in [0.4, 0.5) is 0 Å². The molecule has 0 amide bonds. The number of rotatable bonds is 9. The SMILES string of the molecule is CCN=C(SCCC(=O)OCC)N(Cc1ccccc1)Cc1ccccc1. The van der Waals surface area contributed by atoms with Crippen LogP contribution in [0.3, 0.4) is 0 Å². The van der Waals surface area contributed by atoms with Gasteiger partial charge in [0.15, 0.2) is 5.17 Å².